The van der Waals surface area contributed by atoms with Crippen molar-refractivity contribution in [2.75, 3.05) is 13.1 Å². The van der Waals surface area contributed by atoms with Crippen LogP contribution in [0.25, 0.3) is 0 Å². The van der Waals surface area contributed by atoms with Crippen LogP contribution in [0.2, 0.25) is 0 Å². The minimum atomic E-state index is -0.471. The van der Waals surface area contributed by atoms with Gasteiger partial charge in [0.05, 0.1) is 11.5 Å². The molecule has 0 unspecified atom stereocenters. The average Bonchev–Trinajstić information content (AvgIpc) is 2.77. The molecule has 1 saturated heterocycles. The number of aromatic nitrogens is 2. The van der Waals surface area contributed by atoms with Crippen molar-refractivity contribution in [3.05, 3.63) is 34.1 Å². The molecule has 2 rings (SSSR count). The van der Waals surface area contributed by atoms with Crippen LogP contribution in [0, 0.1) is 10.1 Å². The van der Waals surface area contributed by atoms with E-state index in [2.05, 4.69) is 10.6 Å². The second-order valence-corrected chi connectivity index (χ2v) is 3.49. The van der Waals surface area contributed by atoms with Crippen molar-refractivity contribution in [1.82, 2.24) is 15.5 Å². The molecule has 0 radical (unpaired) electrons. The van der Waals surface area contributed by atoms with E-state index in [0.29, 0.717) is 31.2 Å². The Balaban J connectivity index is 2.06. The van der Waals surface area contributed by atoms with Gasteiger partial charge in [-0.1, -0.05) is 4.68 Å². The van der Waals surface area contributed by atoms with Crippen molar-refractivity contribution < 1.29 is 14.1 Å². The van der Waals surface area contributed by atoms with Gasteiger partial charge in [-0.2, -0.15) is 0 Å². The molecule has 0 atom stereocenters. The SMILES string of the molecule is C[n+]1cc(CN2CCN/C2=C\[N+](=O)[O-])on1. The number of hydrogen-bond donors (Lipinski definition) is 1. The highest BCUT2D eigenvalue weighted by molar-refractivity contribution is 5.02. The van der Waals surface area contributed by atoms with Crippen LogP contribution in [0.5, 0.6) is 0 Å². The summed E-state index contributed by atoms with van der Waals surface area (Å²) < 4.78 is 6.58. The standard InChI is InChI=1S/C8H12N5O3/c1-11-4-7(16-10-11)5-12-3-2-9-8(12)6-13(14)15/h4,6,9H,2-3,5H2,1H3/q+1/b8-6+. The molecule has 16 heavy (non-hydrogen) atoms. The lowest BCUT2D eigenvalue weighted by molar-refractivity contribution is -0.739. The van der Waals surface area contributed by atoms with Crippen molar-refractivity contribution in [2.45, 2.75) is 6.54 Å². The van der Waals surface area contributed by atoms with Crippen LogP contribution in [0.3, 0.4) is 0 Å². The van der Waals surface area contributed by atoms with E-state index in [1.54, 1.807) is 17.9 Å². The van der Waals surface area contributed by atoms with Gasteiger partial charge in [0.25, 0.3) is 6.20 Å². The summed E-state index contributed by atoms with van der Waals surface area (Å²) in [5, 5.41) is 17.0. The Hall–Kier alpha value is -2.12. The highest BCUT2D eigenvalue weighted by Crippen LogP contribution is 2.11. The largest absolute Gasteiger partial charge is 0.365 e. The maximum Gasteiger partial charge on any atom is 0.274 e. The third-order valence-electron chi connectivity index (χ3n) is 2.22. The number of nitrogens with zero attached hydrogens (tertiary/aromatic N) is 4. The number of rotatable bonds is 3. The molecule has 0 aromatic carbocycles. The van der Waals surface area contributed by atoms with Gasteiger partial charge >= 0.3 is 0 Å². The number of nitro groups is 1. The van der Waals surface area contributed by atoms with Crippen molar-refractivity contribution in [2.24, 2.45) is 7.05 Å². The Labute approximate surface area is 91.3 Å². The first-order valence-corrected chi connectivity index (χ1v) is 4.81. The minimum absolute atomic E-state index is 0.471. The Morgan fingerprint density at radius 2 is 2.69 bits per heavy atom. The van der Waals surface area contributed by atoms with Crippen molar-refractivity contribution in [1.29, 1.82) is 0 Å². The molecule has 1 aromatic heterocycles. The Morgan fingerprint density at radius 3 is 3.31 bits per heavy atom. The summed E-state index contributed by atoms with van der Waals surface area (Å²) in [7, 11) is 1.75. The molecule has 1 aliphatic rings. The molecule has 8 nitrogen and oxygen atoms in total. The van der Waals surface area contributed by atoms with E-state index in [1.165, 1.54) is 0 Å². The molecule has 0 aliphatic carbocycles. The molecule has 8 heteroatoms. The summed E-state index contributed by atoms with van der Waals surface area (Å²) in [4.78, 5) is 11.7. The van der Waals surface area contributed by atoms with Crippen LogP contribution in [-0.4, -0.2) is 28.2 Å². The monoisotopic (exact) mass is 226 g/mol. The fraction of sp³-hybridized carbons (Fsp3) is 0.500. The van der Waals surface area contributed by atoms with Gasteiger partial charge in [-0.05, 0) is 0 Å². The maximum atomic E-state index is 10.4. The summed E-state index contributed by atoms with van der Waals surface area (Å²) in [6.07, 6.45) is 2.70. The summed E-state index contributed by atoms with van der Waals surface area (Å²) in [5.41, 5.74) is 0. The van der Waals surface area contributed by atoms with Crippen LogP contribution >= 0.6 is 0 Å². The predicted molar refractivity (Wildman–Crippen MR) is 51.2 cm³/mol. The van der Waals surface area contributed by atoms with E-state index in [-0.39, 0.29) is 0 Å². The van der Waals surface area contributed by atoms with Gasteiger partial charge in [-0.3, -0.25) is 10.1 Å². The third-order valence-corrected chi connectivity index (χ3v) is 2.22. The number of aryl methyl sites for hydroxylation is 1. The lowest BCUT2D eigenvalue weighted by Crippen LogP contribution is -2.28. The Bertz CT molecular complexity index is 427. The molecule has 0 bridgehead atoms. The predicted octanol–water partition coefficient (Wildman–Crippen LogP) is -1.02. The summed E-state index contributed by atoms with van der Waals surface area (Å²) in [5.74, 6) is 1.17. The maximum absolute atomic E-state index is 10.4. The topological polar surface area (TPSA) is 88.3 Å². The lowest BCUT2D eigenvalue weighted by atomic mass is 10.4. The van der Waals surface area contributed by atoms with Crippen molar-refractivity contribution in [3.8, 4) is 0 Å². The van der Waals surface area contributed by atoms with Crippen LogP contribution in [-0.2, 0) is 13.6 Å². The molecule has 0 spiro atoms. The molecule has 1 fully saturated rings. The zero-order valence-electron chi connectivity index (χ0n) is 8.79. The van der Waals surface area contributed by atoms with Gasteiger partial charge in [-0.25, -0.2) is 0 Å². The first-order valence-electron chi connectivity index (χ1n) is 4.81. The summed E-state index contributed by atoms with van der Waals surface area (Å²) >= 11 is 0. The lowest BCUT2D eigenvalue weighted by Gasteiger charge is -2.13. The molecular weight excluding hydrogens is 214 g/mol. The molecule has 86 valence electrons. The van der Waals surface area contributed by atoms with Crippen LogP contribution in [0.15, 0.2) is 22.7 Å². The van der Waals surface area contributed by atoms with Crippen molar-refractivity contribution >= 4 is 0 Å². The van der Waals surface area contributed by atoms with Gasteiger partial charge < -0.3 is 14.7 Å². The third kappa shape index (κ3) is 2.27. The van der Waals surface area contributed by atoms with E-state index in [4.69, 9.17) is 4.52 Å². The van der Waals surface area contributed by atoms with Gasteiger partial charge in [0.15, 0.2) is 18.1 Å². The van der Waals surface area contributed by atoms with Gasteiger partial charge in [0, 0.05) is 13.1 Å². The molecule has 0 saturated carbocycles. The Kier molecular flexibility index (Phi) is 2.71. The van der Waals surface area contributed by atoms with E-state index in [0.717, 1.165) is 6.20 Å². The highest BCUT2D eigenvalue weighted by Gasteiger charge is 2.22. The molecule has 1 N–H and O–H groups in total. The molecular formula is C8H12N5O3+. The normalized spacial score (nSPS) is 17.8. The molecule has 0 amide bonds. The molecule has 1 aliphatic heterocycles. The average molecular weight is 226 g/mol. The fourth-order valence-electron chi connectivity index (χ4n) is 1.57. The van der Waals surface area contributed by atoms with E-state index < -0.39 is 4.92 Å². The summed E-state index contributed by atoms with van der Waals surface area (Å²) in [6.45, 7) is 1.88. The van der Waals surface area contributed by atoms with Crippen LogP contribution in [0.4, 0.5) is 0 Å². The van der Waals surface area contributed by atoms with E-state index in [1.807, 2.05) is 4.90 Å². The molecule has 2 heterocycles. The second-order valence-electron chi connectivity index (χ2n) is 3.49. The summed E-state index contributed by atoms with van der Waals surface area (Å²) in [6, 6.07) is 0. The number of nitrogens with one attached hydrogen (secondary N) is 1. The van der Waals surface area contributed by atoms with E-state index >= 15 is 0 Å². The zero-order valence-corrected chi connectivity index (χ0v) is 8.79. The fourth-order valence-corrected chi connectivity index (χ4v) is 1.57. The van der Waals surface area contributed by atoms with Gasteiger partial charge in [-0.15, -0.1) is 0 Å². The van der Waals surface area contributed by atoms with Gasteiger partial charge in [0.2, 0.25) is 12.0 Å². The first kappa shape index (κ1) is 10.4. The highest BCUT2D eigenvalue weighted by atomic mass is 16.6. The van der Waals surface area contributed by atoms with Crippen LogP contribution < -0.4 is 10.00 Å². The molecule has 1 aromatic rings. The first-order chi connectivity index (χ1) is 7.65. The minimum Gasteiger partial charge on any atom is -0.365 e. The van der Waals surface area contributed by atoms with Crippen molar-refractivity contribution in [3.63, 3.8) is 0 Å². The Morgan fingerprint density at radius 1 is 1.88 bits per heavy atom. The van der Waals surface area contributed by atoms with Crippen LogP contribution in [0.1, 0.15) is 5.76 Å². The van der Waals surface area contributed by atoms with E-state index in [9.17, 15) is 10.1 Å². The number of hydrogen-bond acceptors (Lipinski definition) is 6. The zero-order chi connectivity index (χ0) is 11.5. The quantitative estimate of drug-likeness (QED) is 0.403. The second kappa shape index (κ2) is 4.17. The smallest absolute Gasteiger partial charge is 0.274 e. The van der Waals surface area contributed by atoms with Gasteiger partial charge in [0.1, 0.15) is 0 Å².